The van der Waals surface area contributed by atoms with Gasteiger partial charge in [-0.25, -0.2) is 0 Å². The van der Waals surface area contributed by atoms with E-state index in [1.54, 1.807) is 11.3 Å². The molecule has 0 radical (unpaired) electrons. The summed E-state index contributed by atoms with van der Waals surface area (Å²) in [5.74, 6) is 0. The largest absolute Gasteiger partial charge is 0.336 e. The van der Waals surface area contributed by atoms with Gasteiger partial charge in [0, 0.05) is 30.6 Å². The van der Waals surface area contributed by atoms with Crippen molar-refractivity contribution >= 4 is 10.9 Å². The van der Waals surface area contributed by atoms with Gasteiger partial charge in [-0.05, 0) is 43.1 Å². The van der Waals surface area contributed by atoms with Crippen molar-refractivity contribution in [1.82, 2.24) is 9.47 Å². The van der Waals surface area contributed by atoms with E-state index in [1.807, 2.05) is 0 Å². The van der Waals surface area contributed by atoms with Crippen LogP contribution < -0.4 is 0 Å². The first kappa shape index (κ1) is 13.4. The van der Waals surface area contributed by atoms with Crippen LogP contribution in [0, 0.1) is 6.92 Å². The number of aromatic nitrogens is 1. The van der Waals surface area contributed by atoms with Crippen molar-refractivity contribution in [1.29, 1.82) is 0 Å². The van der Waals surface area contributed by atoms with Crippen LogP contribution in [-0.4, -0.2) is 23.1 Å². The Morgan fingerprint density at radius 1 is 1.09 bits per heavy atom. The second-order valence-corrected chi connectivity index (χ2v) is 7.23. The average molecular weight is 302 g/mol. The van der Waals surface area contributed by atoms with Crippen LogP contribution in [0.4, 0.5) is 0 Å². The topological polar surface area (TPSA) is 8.17 Å². The van der Waals surface area contributed by atoms with Crippen LogP contribution >= 0.6 is 0 Å². The van der Waals surface area contributed by atoms with Gasteiger partial charge in [0.2, 0.25) is 0 Å². The van der Waals surface area contributed by atoms with E-state index >= 15 is 0 Å². The Bertz CT molecular complexity index is 905. The SMILES string of the molecule is Cc1cc2c3c(c1)c1c(n3C(c3ccccc3)C2)CCN(C)C1. The third-order valence-electron chi connectivity index (χ3n) is 5.61. The highest BCUT2D eigenvalue weighted by molar-refractivity contribution is 5.91. The van der Waals surface area contributed by atoms with Crippen LogP contribution in [0.5, 0.6) is 0 Å². The van der Waals surface area contributed by atoms with E-state index < -0.39 is 0 Å². The van der Waals surface area contributed by atoms with Gasteiger partial charge in [0.1, 0.15) is 0 Å². The molecule has 1 aromatic heterocycles. The molecule has 2 heteroatoms. The molecule has 0 N–H and O–H groups in total. The Kier molecular flexibility index (Phi) is 2.75. The molecular weight excluding hydrogens is 280 g/mol. The number of hydrogen-bond acceptors (Lipinski definition) is 1. The molecule has 2 nitrogen and oxygen atoms in total. The lowest BCUT2D eigenvalue weighted by molar-refractivity contribution is 0.308. The van der Waals surface area contributed by atoms with E-state index in [1.165, 1.54) is 40.6 Å². The average Bonchev–Trinajstić information content (AvgIpc) is 3.08. The lowest BCUT2D eigenvalue weighted by Gasteiger charge is -2.26. The van der Waals surface area contributed by atoms with Crippen molar-refractivity contribution in [2.45, 2.75) is 32.4 Å². The second-order valence-electron chi connectivity index (χ2n) is 7.23. The summed E-state index contributed by atoms with van der Waals surface area (Å²) in [7, 11) is 2.24. The predicted molar refractivity (Wildman–Crippen MR) is 95.0 cm³/mol. The molecular formula is C21H22N2. The monoisotopic (exact) mass is 302 g/mol. The fourth-order valence-corrected chi connectivity index (χ4v) is 4.64. The first-order valence-electron chi connectivity index (χ1n) is 8.61. The van der Waals surface area contributed by atoms with Crippen LogP contribution in [0.1, 0.15) is 34.0 Å². The van der Waals surface area contributed by atoms with Gasteiger partial charge in [0.25, 0.3) is 0 Å². The molecule has 23 heavy (non-hydrogen) atoms. The second kappa shape index (κ2) is 4.72. The van der Waals surface area contributed by atoms with Crippen LogP contribution in [0.2, 0.25) is 0 Å². The summed E-state index contributed by atoms with van der Waals surface area (Å²) in [5, 5.41) is 1.50. The minimum absolute atomic E-state index is 0.475. The fraction of sp³-hybridized carbons (Fsp3) is 0.333. The van der Waals surface area contributed by atoms with E-state index in [4.69, 9.17) is 0 Å². The Balaban J connectivity index is 1.80. The minimum Gasteiger partial charge on any atom is -0.336 e. The number of fused-ring (bicyclic) bond motifs is 3. The molecule has 2 aliphatic heterocycles. The van der Waals surface area contributed by atoms with Gasteiger partial charge >= 0.3 is 0 Å². The Morgan fingerprint density at radius 3 is 2.74 bits per heavy atom. The summed E-state index contributed by atoms with van der Waals surface area (Å²) in [4.78, 5) is 2.45. The van der Waals surface area contributed by atoms with Crippen LogP contribution in [-0.2, 0) is 19.4 Å². The highest BCUT2D eigenvalue weighted by Crippen LogP contribution is 2.43. The molecule has 0 bridgehead atoms. The third kappa shape index (κ3) is 1.85. The van der Waals surface area contributed by atoms with E-state index in [0.717, 1.165) is 13.0 Å². The lowest BCUT2D eigenvalue weighted by Crippen LogP contribution is -2.28. The van der Waals surface area contributed by atoms with Crippen molar-refractivity contribution < 1.29 is 0 Å². The molecule has 2 aromatic carbocycles. The molecule has 0 fully saturated rings. The van der Waals surface area contributed by atoms with Gasteiger partial charge in [0.05, 0.1) is 11.6 Å². The first-order chi connectivity index (χ1) is 11.2. The molecule has 0 saturated heterocycles. The van der Waals surface area contributed by atoms with Gasteiger partial charge in [0.15, 0.2) is 0 Å². The van der Waals surface area contributed by atoms with Gasteiger partial charge < -0.3 is 9.47 Å². The Hall–Kier alpha value is -2.06. The van der Waals surface area contributed by atoms with Crippen molar-refractivity contribution in [3.8, 4) is 0 Å². The first-order valence-corrected chi connectivity index (χ1v) is 8.61. The quantitative estimate of drug-likeness (QED) is 0.657. The zero-order valence-electron chi connectivity index (χ0n) is 13.8. The molecule has 0 amide bonds. The molecule has 0 spiro atoms. The molecule has 116 valence electrons. The van der Waals surface area contributed by atoms with E-state index in [9.17, 15) is 0 Å². The maximum atomic E-state index is 2.67. The highest BCUT2D eigenvalue weighted by Gasteiger charge is 2.32. The number of aryl methyl sites for hydroxylation is 1. The molecule has 1 atom stereocenters. The summed E-state index contributed by atoms with van der Waals surface area (Å²) in [6, 6.07) is 16.3. The van der Waals surface area contributed by atoms with Gasteiger partial charge in [-0.1, -0.05) is 42.0 Å². The van der Waals surface area contributed by atoms with E-state index in [2.05, 4.69) is 65.9 Å². The molecule has 2 aliphatic rings. The summed E-state index contributed by atoms with van der Waals surface area (Å²) in [6.45, 7) is 4.49. The van der Waals surface area contributed by atoms with Gasteiger partial charge in [-0.3, -0.25) is 0 Å². The fourth-order valence-electron chi connectivity index (χ4n) is 4.64. The van der Waals surface area contributed by atoms with Gasteiger partial charge in [-0.2, -0.15) is 0 Å². The molecule has 0 saturated carbocycles. The zero-order valence-corrected chi connectivity index (χ0v) is 13.8. The third-order valence-corrected chi connectivity index (χ3v) is 5.61. The summed E-state index contributed by atoms with van der Waals surface area (Å²) in [6.07, 6.45) is 2.31. The summed E-state index contributed by atoms with van der Waals surface area (Å²) < 4.78 is 2.67. The zero-order chi connectivity index (χ0) is 15.6. The standard InChI is InChI=1S/C21H22N2/c1-14-10-16-12-20(15-6-4-3-5-7-15)23-19-8-9-22(2)13-18(19)17(11-14)21(16)23/h3-7,10-11,20H,8-9,12-13H2,1-2H3. The van der Waals surface area contributed by atoms with E-state index in [-0.39, 0.29) is 0 Å². The predicted octanol–water partition coefficient (Wildman–Crippen LogP) is 4.08. The number of likely N-dealkylation sites (N-methyl/N-ethyl adjacent to an activating group) is 1. The van der Waals surface area contributed by atoms with Crippen LogP contribution in [0.15, 0.2) is 42.5 Å². The number of benzene rings is 2. The Labute approximate surface area is 137 Å². The van der Waals surface area contributed by atoms with E-state index in [0.29, 0.717) is 6.04 Å². The molecule has 0 aliphatic carbocycles. The summed E-state index contributed by atoms with van der Waals surface area (Å²) >= 11 is 0. The van der Waals surface area contributed by atoms with Gasteiger partial charge in [-0.15, -0.1) is 0 Å². The number of rotatable bonds is 1. The highest BCUT2D eigenvalue weighted by atomic mass is 15.1. The molecule has 3 heterocycles. The maximum absolute atomic E-state index is 2.67. The molecule has 3 aromatic rings. The van der Waals surface area contributed by atoms with Crippen molar-refractivity contribution in [2.24, 2.45) is 0 Å². The number of hydrogen-bond donors (Lipinski definition) is 0. The molecule has 5 rings (SSSR count). The van der Waals surface area contributed by atoms with Crippen LogP contribution in [0.3, 0.4) is 0 Å². The van der Waals surface area contributed by atoms with Crippen LogP contribution in [0.25, 0.3) is 10.9 Å². The summed E-state index contributed by atoms with van der Waals surface area (Å²) in [5.41, 5.74) is 9.03. The lowest BCUT2D eigenvalue weighted by atomic mass is 9.96. The normalized spacial score (nSPS) is 20.2. The number of nitrogens with zero attached hydrogens (tertiary/aromatic N) is 2. The van der Waals surface area contributed by atoms with Crippen molar-refractivity contribution in [3.63, 3.8) is 0 Å². The molecule has 1 unspecified atom stereocenters. The Morgan fingerprint density at radius 2 is 1.91 bits per heavy atom. The minimum atomic E-state index is 0.475. The smallest absolute Gasteiger partial charge is 0.0629 e. The van der Waals surface area contributed by atoms with Crippen molar-refractivity contribution in [2.75, 3.05) is 13.6 Å². The maximum Gasteiger partial charge on any atom is 0.0629 e. The van der Waals surface area contributed by atoms with Crippen molar-refractivity contribution in [3.05, 3.63) is 70.4 Å².